The van der Waals surface area contributed by atoms with Gasteiger partial charge in [0.2, 0.25) is 0 Å². The zero-order valence-electron chi connectivity index (χ0n) is 7.81. The molecule has 2 N–H and O–H groups in total. The minimum atomic E-state index is -0.398. The summed E-state index contributed by atoms with van der Waals surface area (Å²) in [6.45, 7) is 0.757. The molecule has 0 radical (unpaired) electrons. The van der Waals surface area contributed by atoms with Crippen molar-refractivity contribution in [2.45, 2.75) is 44.1 Å². The van der Waals surface area contributed by atoms with E-state index in [1.54, 1.807) is 0 Å². The minimum Gasteiger partial charge on any atom is -0.389 e. The van der Waals surface area contributed by atoms with Gasteiger partial charge in [-0.3, -0.25) is 0 Å². The predicted octanol–water partition coefficient (Wildman–Crippen LogP) is 1.71. The Morgan fingerprint density at radius 3 is 2.08 bits per heavy atom. The van der Waals surface area contributed by atoms with Gasteiger partial charge in [0, 0.05) is 6.54 Å². The van der Waals surface area contributed by atoms with Crippen molar-refractivity contribution in [3.63, 3.8) is 0 Å². The van der Waals surface area contributed by atoms with Gasteiger partial charge in [0.05, 0.1) is 5.60 Å². The summed E-state index contributed by atoms with van der Waals surface area (Å²) in [5.41, 5.74) is -0.398. The summed E-state index contributed by atoms with van der Waals surface area (Å²) >= 11 is 0. The summed E-state index contributed by atoms with van der Waals surface area (Å²) in [6, 6.07) is 0. The molecule has 74 valence electrons. The Morgan fingerprint density at radius 1 is 1.17 bits per heavy atom. The summed E-state index contributed by atoms with van der Waals surface area (Å²) in [4.78, 5) is 0. The molecule has 1 aliphatic carbocycles. The third-order valence-electron chi connectivity index (χ3n) is 2.54. The van der Waals surface area contributed by atoms with Crippen molar-refractivity contribution < 1.29 is 5.11 Å². The highest BCUT2D eigenvalue weighted by Gasteiger charge is 2.26. The average Bonchev–Trinajstić information content (AvgIpc) is 2.15. The molecule has 3 heteroatoms. The first kappa shape index (κ1) is 12.2. The van der Waals surface area contributed by atoms with E-state index >= 15 is 0 Å². The molecule has 0 atom stereocenters. The number of hydrogen-bond donors (Lipinski definition) is 2. The molecule has 0 bridgehead atoms. The van der Waals surface area contributed by atoms with Gasteiger partial charge in [-0.25, -0.2) is 0 Å². The average molecular weight is 194 g/mol. The van der Waals surface area contributed by atoms with Gasteiger partial charge in [0.25, 0.3) is 0 Å². The maximum Gasteiger partial charge on any atom is 0.0771 e. The monoisotopic (exact) mass is 193 g/mol. The van der Waals surface area contributed by atoms with Gasteiger partial charge in [0.1, 0.15) is 0 Å². The number of aliphatic hydroxyl groups is 1. The summed E-state index contributed by atoms with van der Waals surface area (Å²) < 4.78 is 0. The molecule has 1 rings (SSSR count). The number of halogens is 1. The maximum absolute atomic E-state index is 9.99. The van der Waals surface area contributed by atoms with Gasteiger partial charge in [-0.1, -0.05) is 25.7 Å². The van der Waals surface area contributed by atoms with Crippen LogP contribution in [0.3, 0.4) is 0 Å². The first-order valence-corrected chi connectivity index (χ1v) is 4.64. The van der Waals surface area contributed by atoms with Gasteiger partial charge in [-0.05, 0) is 19.9 Å². The molecule has 0 heterocycles. The molecule has 0 amide bonds. The Morgan fingerprint density at radius 2 is 1.67 bits per heavy atom. The zero-order valence-corrected chi connectivity index (χ0v) is 8.62. The van der Waals surface area contributed by atoms with Crippen LogP contribution >= 0.6 is 12.4 Å². The Balaban J connectivity index is 0.00000121. The smallest absolute Gasteiger partial charge is 0.0771 e. The molecule has 2 nitrogen and oxygen atoms in total. The van der Waals surface area contributed by atoms with Crippen molar-refractivity contribution in [3.8, 4) is 0 Å². The summed E-state index contributed by atoms with van der Waals surface area (Å²) in [6.07, 6.45) is 6.94. The van der Waals surface area contributed by atoms with E-state index in [9.17, 15) is 5.11 Å². The molecule has 1 aliphatic rings. The molecule has 0 aromatic heterocycles. The summed E-state index contributed by atoms with van der Waals surface area (Å²) in [5, 5.41) is 13.0. The van der Waals surface area contributed by atoms with Crippen LogP contribution in [0.15, 0.2) is 0 Å². The lowest BCUT2D eigenvalue weighted by molar-refractivity contribution is 0.0271. The normalized spacial score (nSPS) is 22.5. The highest BCUT2D eigenvalue weighted by atomic mass is 35.5. The minimum absolute atomic E-state index is 0. The van der Waals surface area contributed by atoms with Crippen molar-refractivity contribution in [2.75, 3.05) is 13.6 Å². The quantitative estimate of drug-likeness (QED) is 0.655. The van der Waals surface area contributed by atoms with Crippen LogP contribution in [0, 0.1) is 0 Å². The van der Waals surface area contributed by atoms with Crippen molar-refractivity contribution >= 4 is 12.4 Å². The molecule has 0 saturated heterocycles. The molecule has 1 saturated carbocycles. The SMILES string of the molecule is CNCC1(O)CCCCCC1.Cl. The molecule has 12 heavy (non-hydrogen) atoms. The van der Waals surface area contributed by atoms with Crippen molar-refractivity contribution in [2.24, 2.45) is 0 Å². The van der Waals surface area contributed by atoms with E-state index in [-0.39, 0.29) is 12.4 Å². The molecule has 0 aromatic carbocycles. The first-order valence-electron chi connectivity index (χ1n) is 4.64. The Hall–Kier alpha value is 0.210. The third-order valence-corrected chi connectivity index (χ3v) is 2.54. The highest BCUT2D eigenvalue weighted by Crippen LogP contribution is 2.25. The van der Waals surface area contributed by atoms with Crippen molar-refractivity contribution in [1.29, 1.82) is 0 Å². The Kier molecular flexibility index (Phi) is 5.89. The van der Waals surface area contributed by atoms with Gasteiger partial charge in [0.15, 0.2) is 0 Å². The lowest BCUT2D eigenvalue weighted by atomic mass is 9.95. The second kappa shape index (κ2) is 5.79. The van der Waals surface area contributed by atoms with E-state index in [2.05, 4.69) is 5.32 Å². The lowest BCUT2D eigenvalue weighted by Gasteiger charge is -2.25. The fraction of sp³-hybridized carbons (Fsp3) is 1.00. The number of nitrogens with one attached hydrogen (secondary N) is 1. The van der Waals surface area contributed by atoms with Gasteiger partial charge in [-0.2, -0.15) is 0 Å². The van der Waals surface area contributed by atoms with Gasteiger partial charge < -0.3 is 10.4 Å². The van der Waals surface area contributed by atoms with Crippen molar-refractivity contribution in [3.05, 3.63) is 0 Å². The summed E-state index contributed by atoms with van der Waals surface area (Å²) in [5.74, 6) is 0. The Labute approximate surface area is 81.2 Å². The fourth-order valence-corrected chi connectivity index (χ4v) is 1.89. The van der Waals surface area contributed by atoms with Crippen LogP contribution in [-0.2, 0) is 0 Å². The summed E-state index contributed by atoms with van der Waals surface area (Å²) in [7, 11) is 1.91. The van der Waals surface area contributed by atoms with E-state index in [0.717, 1.165) is 19.4 Å². The van der Waals surface area contributed by atoms with Gasteiger partial charge >= 0.3 is 0 Å². The molecular formula is C9H20ClNO. The van der Waals surface area contributed by atoms with Gasteiger partial charge in [-0.15, -0.1) is 12.4 Å². The second-order valence-electron chi connectivity index (χ2n) is 3.67. The molecular weight excluding hydrogens is 174 g/mol. The number of hydrogen-bond acceptors (Lipinski definition) is 2. The van der Waals surface area contributed by atoms with E-state index in [0.29, 0.717) is 0 Å². The molecule has 0 aliphatic heterocycles. The molecule has 0 unspecified atom stereocenters. The van der Waals surface area contributed by atoms with Crippen LogP contribution < -0.4 is 5.32 Å². The first-order chi connectivity index (χ1) is 5.27. The maximum atomic E-state index is 9.99. The fourth-order valence-electron chi connectivity index (χ4n) is 1.89. The third kappa shape index (κ3) is 3.74. The van der Waals surface area contributed by atoms with Crippen LogP contribution in [0.2, 0.25) is 0 Å². The van der Waals surface area contributed by atoms with Crippen LogP contribution in [0.1, 0.15) is 38.5 Å². The predicted molar refractivity (Wildman–Crippen MR) is 53.8 cm³/mol. The largest absolute Gasteiger partial charge is 0.389 e. The zero-order chi connectivity index (χ0) is 8.16. The van der Waals surface area contributed by atoms with E-state index in [4.69, 9.17) is 0 Å². The number of rotatable bonds is 2. The topological polar surface area (TPSA) is 32.3 Å². The van der Waals surface area contributed by atoms with Crippen LogP contribution in [0.4, 0.5) is 0 Å². The van der Waals surface area contributed by atoms with E-state index < -0.39 is 5.60 Å². The van der Waals surface area contributed by atoms with Crippen LogP contribution in [-0.4, -0.2) is 24.3 Å². The standard InChI is InChI=1S/C9H19NO.ClH/c1-10-8-9(11)6-4-2-3-5-7-9;/h10-11H,2-8H2,1H3;1H. The lowest BCUT2D eigenvalue weighted by Crippen LogP contribution is -2.38. The van der Waals surface area contributed by atoms with E-state index in [1.165, 1.54) is 25.7 Å². The highest BCUT2D eigenvalue weighted by molar-refractivity contribution is 5.85. The number of likely N-dealkylation sites (N-methyl/N-ethyl adjacent to an activating group) is 1. The molecule has 0 aromatic rings. The molecule has 1 fully saturated rings. The van der Waals surface area contributed by atoms with Crippen LogP contribution in [0.25, 0.3) is 0 Å². The van der Waals surface area contributed by atoms with Crippen LogP contribution in [0.5, 0.6) is 0 Å². The Bertz CT molecular complexity index is 111. The van der Waals surface area contributed by atoms with Crippen molar-refractivity contribution in [1.82, 2.24) is 5.32 Å². The van der Waals surface area contributed by atoms with E-state index in [1.807, 2.05) is 7.05 Å². The second-order valence-corrected chi connectivity index (χ2v) is 3.67. The molecule has 0 spiro atoms.